The van der Waals surface area contributed by atoms with E-state index in [-0.39, 0.29) is 12.0 Å². The first-order valence-electron chi connectivity index (χ1n) is 6.71. The topological polar surface area (TPSA) is 51.7 Å². The van der Waals surface area contributed by atoms with Crippen molar-refractivity contribution < 1.29 is 14.3 Å². The third kappa shape index (κ3) is 3.33. The number of hydrogen-bond donors (Lipinski definition) is 0. The average Bonchev–Trinajstić information content (AvgIpc) is 2.95. The Morgan fingerprint density at radius 3 is 3.05 bits per heavy atom. The van der Waals surface area contributed by atoms with E-state index in [0.29, 0.717) is 24.7 Å². The maximum absolute atomic E-state index is 12.2. The third-order valence-corrected chi connectivity index (χ3v) is 4.03. The van der Waals surface area contributed by atoms with E-state index in [1.54, 1.807) is 18.2 Å². The molecule has 0 N–H and O–H groups in total. The minimum Gasteiger partial charge on any atom is -0.497 e. The van der Waals surface area contributed by atoms with Gasteiger partial charge in [-0.1, -0.05) is 23.5 Å². The molecule has 1 fully saturated rings. The minimum absolute atomic E-state index is 0.0606. The molecule has 5 nitrogen and oxygen atoms in total. The molecule has 0 bridgehead atoms. The smallest absolute Gasteiger partial charge is 0.273 e. The van der Waals surface area contributed by atoms with Crippen molar-refractivity contribution in [1.82, 2.24) is 9.88 Å². The van der Waals surface area contributed by atoms with Gasteiger partial charge < -0.3 is 14.4 Å². The van der Waals surface area contributed by atoms with Gasteiger partial charge in [0.25, 0.3) is 5.19 Å². The lowest BCUT2D eigenvalue weighted by molar-refractivity contribution is -0.139. The van der Waals surface area contributed by atoms with Gasteiger partial charge in [0.1, 0.15) is 11.9 Å². The molecule has 0 spiro atoms. The predicted molar refractivity (Wildman–Crippen MR) is 79.8 cm³/mol. The summed E-state index contributed by atoms with van der Waals surface area (Å²) in [5, 5.41) is 2.54. The molecule has 0 saturated carbocycles. The van der Waals surface area contributed by atoms with Gasteiger partial charge in [0.15, 0.2) is 0 Å². The van der Waals surface area contributed by atoms with E-state index in [4.69, 9.17) is 9.47 Å². The Morgan fingerprint density at radius 1 is 1.48 bits per heavy atom. The maximum atomic E-state index is 12.2. The zero-order valence-electron chi connectivity index (χ0n) is 11.7. The zero-order chi connectivity index (χ0) is 14.7. The molecule has 0 unspecified atom stereocenters. The largest absolute Gasteiger partial charge is 0.497 e. The number of aromatic nitrogens is 1. The number of rotatable bonds is 5. The van der Waals surface area contributed by atoms with Crippen molar-refractivity contribution in [1.29, 1.82) is 0 Å². The third-order valence-electron chi connectivity index (χ3n) is 3.37. The molecule has 1 aromatic carbocycles. The highest BCUT2D eigenvalue weighted by Gasteiger charge is 2.32. The summed E-state index contributed by atoms with van der Waals surface area (Å²) in [7, 11) is 1.62. The lowest BCUT2D eigenvalue weighted by Crippen LogP contribution is -2.56. The van der Waals surface area contributed by atoms with Gasteiger partial charge in [-0.15, -0.1) is 0 Å². The number of carbonyl (C=O) groups excluding carboxylic acids is 1. The van der Waals surface area contributed by atoms with Crippen LogP contribution >= 0.6 is 11.3 Å². The number of carbonyl (C=O) groups is 1. The second-order valence-electron chi connectivity index (χ2n) is 4.86. The van der Waals surface area contributed by atoms with Gasteiger partial charge in [0, 0.05) is 11.6 Å². The Labute approximate surface area is 127 Å². The second-order valence-corrected chi connectivity index (χ2v) is 5.72. The summed E-state index contributed by atoms with van der Waals surface area (Å²) >= 11 is 1.47. The molecule has 1 amide bonds. The van der Waals surface area contributed by atoms with Crippen LogP contribution < -0.4 is 9.47 Å². The van der Waals surface area contributed by atoms with Gasteiger partial charge in [0.2, 0.25) is 5.91 Å². The Balaban J connectivity index is 1.49. The van der Waals surface area contributed by atoms with E-state index in [1.807, 2.05) is 29.6 Å². The summed E-state index contributed by atoms with van der Waals surface area (Å²) in [5.74, 6) is 0.885. The quantitative estimate of drug-likeness (QED) is 0.847. The van der Waals surface area contributed by atoms with Crippen LogP contribution in [0, 0.1) is 0 Å². The molecule has 2 aromatic rings. The SMILES string of the molecule is COc1cccc(CC(=O)N2CC(Oc3nccs3)C2)c1. The maximum Gasteiger partial charge on any atom is 0.273 e. The lowest BCUT2D eigenvalue weighted by Gasteiger charge is -2.38. The van der Waals surface area contributed by atoms with Gasteiger partial charge in [0.05, 0.1) is 26.6 Å². The van der Waals surface area contributed by atoms with Crippen LogP contribution in [0.25, 0.3) is 0 Å². The molecule has 6 heteroatoms. The number of ether oxygens (including phenoxy) is 2. The fraction of sp³-hybridized carbons (Fsp3) is 0.333. The predicted octanol–water partition coefficient (Wildman–Crippen LogP) is 1.98. The van der Waals surface area contributed by atoms with Crippen molar-refractivity contribution >= 4 is 17.2 Å². The average molecular weight is 304 g/mol. The molecular weight excluding hydrogens is 288 g/mol. The molecule has 1 aliphatic rings. The molecule has 1 aliphatic heterocycles. The summed E-state index contributed by atoms with van der Waals surface area (Å²) in [6, 6.07) is 7.59. The normalized spacial score (nSPS) is 14.6. The van der Waals surface area contributed by atoms with Crippen molar-refractivity contribution in [2.45, 2.75) is 12.5 Å². The molecule has 0 radical (unpaired) electrons. The molecule has 1 aromatic heterocycles. The first-order chi connectivity index (χ1) is 10.2. The monoisotopic (exact) mass is 304 g/mol. The summed E-state index contributed by atoms with van der Waals surface area (Å²) in [4.78, 5) is 18.0. The molecule has 2 heterocycles. The Kier molecular flexibility index (Phi) is 4.06. The zero-order valence-corrected chi connectivity index (χ0v) is 12.5. The second kappa shape index (κ2) is 6.13. The van der Waals surface area contributed by atoms with Crippen LogP contribution in [0.5, 0.6) is 10.9 Å². The van der Waals surface area contributed by atoms with E-state index < -0.39 is 0 Å². The van der Waals surface area contributed by atoms with Gasteiger partial charge in [-0.25, -0.2) is 4.98 Å². The summed E-state index contributed by atoms with van der Waals surface area (Å²) in [6.45, 7) is 1.25. The Bertz CT molecular complexity index is 609. The van der Waals surface area contributed by atoms with Crippen LogP contribution in [-0.2, 0) is 11.2 Å². The van der Waals surface area contributed by atoms with Crippen LogP contribution in [0.15, 0.2) is 35.8 Å². The molecular formula is C15H16N2O3S. The van der Waals surface area contributed by atoms with Gasteiger partial charge in [-0.05, 0) is 17.7 Å². The highest BCUT2D eigenvalue weighted by Crippen LogP contribution is 2.21. The van der Waals surface area contributed by atoms with Crippen LogP contribution in [0.3, 0.4) is 0 Å². The summed E-state index contributed by atoms with van der Waals surface area (Å²) in [5.41, 5.74) is 0.962. The fourth-order valence-corrected chi connectivity index (χ4v) is 2.75. The van der Waals surface area contributed by atoms with Crippen molar-refractivity contribution in [2.75, 3.05) is 20.2 Å². The number of amides is 1. The molecule has 0 aliphatic carbocycles. The Morgan fingerprint density at radius 2 is 2.33 bits per heavy atom. The van der Waals surface area contributed by atoms with E-state index in [0.717, 1.165) is 11.3 Å². The van der Waals surface area contributed by atoms with Crippen molar-refractivity contribution in [2.24, 2.45) is 0 Å². The van der Waals surface area contributed by atoms with E-state index in [9.17, 15) is 4.79 Å². The standard InChI is InChI=1S/C15H16N2O3S/c1-19-12-4-2-3-11(7-12)8-14(18)17-9-13(10-17)20-15-16-5-6-21-15/h2-7,13H,8-10H2,1H3. The summed E-state index contributed by atoms with van der Waals surface area (Å²) in [6.07, 6.45) is 2.16. The molecule has 1 saturated heterocycles. The lowest BCUT2D eigenvalue weighted by atomic mass is 10.1. The minimum atomic E-state index is 0.0606. The first kappa shape index (κ1) is 13.9. The molecule has 110 valence electrons. The highest BCUT2D eigenvalue weighted by atomic mass is 32.1. The van der Waals surface area contributed by atoms with E-state index >= 15 is 0 Å². The Hall–Kier alpha value is -2.08. The van der Waals surface area contributed by atoms with Crippen LogP contribution in [0.2, 0.25) is 0 Å². The number of methoxy groups -OCH3 is 1. The van der Waals surface area contributed by atoms with Gasteiger partial charge in [-0.3, -0.25) is 4.79 Å². The molecule has 3 rings (SSSR count). The number of hydrogen-bond acceptors (Lipinski definition) is 5. The van der Waals surface area contributed by atoms with Crippen molar-refractivity contribution in [3.63, 3.8) is 0 Å². The van der Waals surface area contributed by atoms with Crippen LogP contribution in [-0.4, -0.2) is 42.1 Å². The fourth-order valence-electron chi connectivity index (χ4n) is 2.20. The van der Waals surface area contributed by atoms with Crippen LogP contribution in [0.4, 0.5) is 0 Å². The number of benzene rings is 1. The first-order valence-corrected chi connectivity index (χ1v) is 7.59. The number of nitrogens with zero attached hydrogens (tertiary/aromatic N) is 2. The van der Waals surface area contributed by atoms with Crippen molar-refractivity contribution in [3.05, 3.63) is 41.4 Å². The molecule has 0 atom stereocenters. The van der Waals surface area contributed by atoms with Crippen molar-refractivity contribution in [3.8, 4) is 10.9 Å². The number of likely N-dealkylation sites (tertiary alicyclic amines) is 1. The number of thiazole rings is 1. The molecule has 21 heavy (non-hydrogen) atoms. The van der Waals surface area contributed by atoms with E-state index in [2.05, 4.69) is 4.98 Å². The van der Waals surface area contributed by atoms with E-state index in [1.165, 1.54) is 11.3 Å². The highest BCUT2D eigenvalue weighted by molar-refractivity contribution is 7.11. The summed E-state index contributed by atoms with van der Waals surface area (Å²) < 4.78 is 10.8. The van der Waals surface area contributed by atoms with Crippen LogP contribution in [0.1, 0.15) is 5.56 Å². The van der Waals surface area contributed by atoms with Gasteiger partial charge >= 0.3 is 0 Å². The van der Waals surface area contributed by atoms with Gasteiger partial charge in [-0.2, -0.15) is 0 Å².